The lowest BCUT2D eigenvalue weighted by Gasteiger charge is -2.35. The van der Waals surface area contributed by atoms with E-state index < -0.39 is 0 Å². The Morgan fingerprint density at radius 3 is 2.56 bits per heavy atom. The Bertz CT molecular complexity index is 511. The fourth-order valence-corrected chi connectivity index (χ4v) is 3.85. The van der Waals surface area contributed by atoms with E-state index in [9.17, 15) is 4.79 Å². The van der Waals surface area contributed by atoms with E-state index in [0.29, 0.717) is 18.6 Å². The maximum Gasteiger partial charge on any atom is 0.315 e. The van der Waals surface area contributed by atoms with Crippen LogP contribution in [0.3, 0.4) is 0 Å². The van der Waals surface area contributed by atoms with Gasteiger partial charge in [-0.25, -0.2) is 4.79 Å². The molecule has 0 radical (unpaired) electrons. The van der Waals surface area contributed by atoms with Crippen LogP contribution in [0.4, 0.5) is 4.79 Å². The molecular weight excluding hydrogens is 314 g/mol. The molecule has 1 atom stereocenters. The summed E-state index contributed by atoms with van der Waals surface area (Å²) in [6, 6.07) is 11.2. The number of nitrogens with one attached hydrogen (secondary N) is 2. The fourth-order valence-electron chi connectivity index (χ4n) is 3.85. The van der Waals surface area contributed by atoms with Gasteiger partial charge in [-0.3, -0.25) is 4.90 Å². The quantitative estimate of drug-likeness (QED) is 0.833. The summed E-state index contributed by atoms with van der Waals surface area (Å²) in [5.41, 5.74) is 1.31. The van der Waals surface area contributed by atoms with Gasteiger partial charge in [-0.15, -0.1) is 0 Å². The predicted octanol–water partition coefficient (Wildman–Crippen LogP) is 2.56. The number of amides is 2. The second-order valence-corrected chi connectivity index (χ2v) is 7.18. The van der Waals surface area contributed by atoms with Crippen LogP contribution in [-0.4, -0.2) is 55.9 Å². The summed E-state index contributed by atoms with van der Waals surface area (Å²) in [5.74, 6) is 0. The Morgan fingerprint density at radius 1 is 1.12 bits per heavy atom. The van der Waals surface area contributed by atoms with Gasteiger partial charge < -0.3 is 15.4 Å². The van der Waals surface area contributed by atoms with Crippen molar-refractivity contribution < 1.29 is 9.53 Å². The van der Waals surface area contributed by atoms with E-state index in [4.69, 9.17) is 4.74 Å². The van der Waals surface area contributed by atoms with Crippen molar-refractivity contribution in [1.29, 1.82) is 0 Å². The molecule has 1 aliphatic heterocycles. The average molecular weight is 345 g/mol. The lowest BCUT2D eigenvalue weighted by atomic mass is 9.96. The molecule has 1 heterocycles. The number of benzene rings is 1. The van der Waals surface area contributed by atoms with Gasteiger partial charge in [-0.1, -0.05) is 49.6 Å². The van der Waals surface area contributed by atoms with E-state index >= 15 is 0 Å². The third-order valence-corrected chi connectivity index (χ3v) is 5.31. The second kappa shape index (κ2) is 9.78. The summed E-state index contributed by atoms with van der Waals surface area (Å²) in [5, 5.41) is 6.26. The van der Waals surface area contributed by atoms with E-state index in [1.807, 2.05) is 6.07 Å². The standard InChI is InChI=1S/C20H31N3O2/c24-20(22-18-9-5-2-6-10-18)21-16-19(23-11-13-25-14-12-23)15-17-7-3-1-4-8-17/h1,3-4,7-8,18-19H,2,5-6,9-16H2,(H2,21,22,24). The van der Waals surface area contributed by atoms with Gasteiger partial charge in [0.2, 0.25) is 0 Å². The predicted molar refractivity (Wildman–Crippen MR) is 99.7 cm³/mol. The molecule has 0 aromatic heterocycles. The molecule has 1 aliphatic carbocycles. The minimum Gasteiger partial charge on any atom is -0.379 e. The number of nitrogens with zero attached hydrogens (tertiary/aromatic N) is 1. The third-order valence-electron chi connectivity index (χ3n) is 5.31. The van der Waals surface area contributed by atoms with E-state index in [1.165, 1.54) is 24.8 Å². The Hall–Kier alpha value is -1.59. The van der Waals surface area contributed by atoms with Crippen LogP contribution in [0, 0.1) is 0 Å². The van der Waals surface area contributed by atoms with E-state index in [-0.39, 0.29) is 6.03 Å². The van der Waals surface area contributed by atoms with E-state index in [2.05, 4.69) is 39.8 Å². The summed E-state index contributed by atoms with van der Waals surface area (Å²) in [6.45, 7) is 4.10. The van der Waals surface area contributed by atoms with Crippen LogP contribution in [-0.2, 0) is 11.2 Å². The number of carbonyl (C=O) groups is 1. The van der Waals surface area contributed by atoms with Gasteiger partial charge in [0.05, 0.1) is 13.2 Å². The number of carbonyl (C=O) groups excluding carboxylic acids is 1. The van der Waals surface area contributed by atoms with Gasteiger partial charge in [0.1, 0.15) is 0 Å². The van der Waals surface area contributed by atoms with Gasteiger partial charge in [0.25, 0.3) is 0 Å². The van der Waals surface area contributed by atoms with Crippen LogP contribution < -0.4 is 10.6 Å². The van der Waals surface area contributed by atoms with Crippen LogP contribution >= 0.6 is 0 Å². The first-order chi connectivity index (χ1) is 12.3. The molecular formula is C20H31N3O2. The second-order valence-electron chi connectivity index (χ2n) is 7.18. The molecule has 25 heavy (non-hydrogen) atoms. The topological polar surface area (TPSA) is 53.6 Å². The fraction of sp³-hybridized carbons (Fsp3) is 0.650. The van der Waals surface area contributed by atoms with Gasteiger partial charge >= 0.3 is 6.03 Å². The Morgan fingerprint density at radius 2 is 1.84 bits per heavy atom. The monoisotopic (exact) mass is 345 g/mol. The average Bonchev–Trinajstić information content (AvgIpc) is 2.67. The normalized spacial score (nSPS) is 20.8. The number of hydrogen-bond donors (Lipinski definition) is 2. The van der Waals surface area contributed by atoms with Crippen molar-refractivity contribution in [2.24, 2.45) is 0 Å². The zero-order valence-corrected chi connectivity index (χ0v) is 15.1. The molecule has 1 aromatic carbocycles. The summed E-state index contributed by atoms with van der Waals surface area (Å²) in [6.07, 6.45) is 6.94. The van der Waals surface area contributed by atoms with Gasteiger partial charge in [-0.05, 0) is 24.8 Å². The summed E-state index contributed by atoms with van der Waals surface area (Å²) in [4.78, 5) is 14.7. The highest BCUT2D eigenvalue weighted by Gasteiger charge is 2.22. The zero-order chi connectivity index (χ0) is 17.3. The molecule has 2 fully saturated rings. The van der Waals surface area contributed by atoms with Crippen molar-refractivity contribution in [3.63, 3.8) is 0 Å². The Labute approximate surface area is 151 Å². The maximum absolute atomic E-state index is 12.3. The van der Waals surface area contributed by atoms with Crippen LogP contribution in [0.2, 0.25) is 0 Å². The van der Waals surface area contributed by atoms with Crippen LogP contribution in [0.25, 0.3) is 0 Å². The number of urea groups is 1. The maximum atomic E-state index is 12.3. The smallest absolute Gasteiger partial charge is 0.315 e. The first kappa shape index (κ1) is 18.2. The van der Waals surface area contributed by atoms with Crippen molar-refractivity contribution in [2.45, 2.75) is 50.6 Å². The zero-order valence-electron chi connectivity index (χ0n) is 15.1. The highest BCUT2D eigenvalue weighted by atomic mass is 16.5. The molecule has 0 spiro atoms. The van der Waals surface area contributed by atoms with E-state index in [0.717, 1.165) is 45.6 Å². The molecule has 0 bridgehead atoms. The van der Waals surface area contributed by atoms with Crippen molar-refractivity contribution in [2.75, 3.05) is 32.8 Å². The van der Waals surface area contributed by atoms with Gasteiger partial charge in [0.15, 0.2) is 0 Å². The first-order valence-corrected chi connectivity index (χ1v) is 9.71. The first-order valence-electron chi connectivity index (χ1n) is 9.71. The minimum atomic E-state index is -0.0155. The lowest BCUT2D eigenvalue weighted by Crippen LogP contribution is -2.52. The molecule has 1 unspecified atom stereocenters. The van der Waals surface area contributed by atoms with E-state index in [1.54, 1.807) is 0 Å². The van der Waals surface area contributed by atoms with Crippen molar-refractivity contribution in [1.82, 2.24) is 15.5 Å². The molecule has 2 aliphatic rings. The van der Waals surface area contributed by atoms with Crippen LogP contribution in [0.1, 0.15) is 37.7 Å². The molecule has 1 aromatic rings. The third kappa shape index (κ3) is 6.01. The van der Waals surface area contributed by atoms with Crippen molar-refractivity contribution in [3.05, 3.63) is 35.9 Å². The van der Waals surface area contributed by atoms with Crippen LogP contribution in [0.15, 0.2) is 30.3 Å². The lowest BCUT2D eigenvalue weighted by molar-refractivity contribution is 0.0172. The SMILES string of the molecule is O=C(NCC(Cc1ccccc1)N1CCOCC1)NC1CCCCC1. The molecule has 1 saturated heterocycles. The Balaban J connectivity index is 1.52. The molecule has 5 nitrogen and oxygen atoms in total. The van der Waals surface area contributed by atoms with Crippen LogP contribution in [0.5, 0.6) is 0 Å². The highest BCUT2D eigenvalue weighted by Crippen LogP contribution is 2.17. The molecule has 3 rings (SSSR count). The number of hydrogen-bond acceptors (Lipinski definition) is 3. The Kier molecular flexibility index (Phi) is 7.12. The largest absolute Gasteiger partial charge is 0.379 e. The number of morpholine rings is 1. The van der Waals surface area contributed by atoms with Crippen molar-refractivity contribution >= 4 is 6.03 Å². The van der Waals surface area contributed by atoms with Crippen molar-refractivity contribution in [3.8, 4) is 0 Å². The molecule has 2 amide bonds. The number of ether oxygens (including phenoxy) is 1. The summed E-state index contributed by atoms with van der Waals surface area (Å²) < 4.78 is 5.48. The summed E-state index contributed by atoms with van der Waals surface area (Å²) in [7, 11) is 0. The number of rotatable bonds is 6. The highest BCUT2D eigenvalue weighted by molar-refractivity contribution is 5.74. The molecule has 138 valence electrons. The minimum absolute atomic E-state index is 0.0155. The summed E-state index contributed by atoms with van der Waals surface area (Å²) >= 11 is 0. The molecule has 1 saturated carbocycles. The molecule has 2 N–H and O–H groups in total. The van der Waals surface area contributed by atoms with Gasteiger partial charge in [-0.2, -0.15) is 0 Å². The van der Waals surface area contributed by atoms with Gasteiger partial charge in [0, 0.05) is 31.7 Å². The molecule has 5 heteroatoms.